The first-order valence-electron chi connectivity index (χ1n) is 5.73. The van der Waals surface area contributed by atoms with Crippen molar-refractivity contribution in [3.63, 3.8) is 0 Å². The Hall–Kier alpha value is -1.03. The van der Waals surface area contributed by atoms with Crippen molar-refractivity contribution in [2.45, 2.75) is 26.2 Å². The summed E-state index contributed by atoms with van der Waals surface area (Å²) in [7, 11) is 0. The third-order valence-electron chi connectivity index (χ3n) is 3.21. The number of ether oxygens (including phenoxy) is 1. The summed E-state index contributed by atoms with van der Waals surface area (Å²) in [6.45, 7) is 2.69. The summed E-state index contributed by atoms with van der Waals surface area (Å²) >= 11 is 3.44. The van der Waals surface area contributed by atoms with Gasteiger partial charge in [-0.2, -0.15) is 0 Å². The Morgan fingerprint density at radius 2 is 2.24 bits per heavy atom. The molecule has 1 saturated carbocycles. The van der Waals surface area contributed by atoms with Crippen molar-refractivity contribution in [3.05, 3.63) is 28.2 Å². The lowest BCUT2D eigenvalue weighted by Gasteiger charge is -2.16. The monoisotopic (exact) mass is 296 g/mol. The van der Waals surface area contributed by atoms with Gasteiger partial charge in [-0.25, -0.2) is 0 Å². The lowest BCUT2D eigenvalue weighted by Crippen LogP contribution is -2.21. The normalized spacial score (nSPS) is 16.6. The number of halogens is 1. The van der Waals surface area contributed by atoms with E-state index in [4.69, 9.17) is 15.9 Å². The predicted molar refractivity (Wildman–Crippen MR) is 72.6 cm³/mol. The number of nitrogens with two attached hydrogens (primary N) is 1. The van der Waals surface area contributed by atoms with Crippen molar-refractivity contribution >= 4 is 21.8 Å². The molecule has 0 radical (unpaired) electrons. The highest BCUT2D eigenvalue weighted by atomic mass is 79.9. The van der Waals surface area contributed by atoms with E-state index in [1.807, 2.05) is 25.1 Å². The summed E-state index contributed by atoms with van der Waals surface area (Å²) in [5.41, 5.74) is 6.72. The second-order valence-electron chi connectivity index (χ2n) is 4.90. The molecule has 1 fully saturated rings. The minimum atomic E-state index is 0.126. The summed E-state index contributed by atoms with van der Waals surface area (Å²) in [6, 6.07) is 6.02. The van der Waals surface area contributed by atoms with Crippen LogP contribution in [0.2, 0.25) is 0 Å². The van der Waals surface area contributed by atoms with Gasteiger partial charge >= 0.3 is 0 Å². The second kappa shape index (κ2) is 4.69. The van der Waals surface area contributed by atoms with Crippen molar-refractivity contribution in [2.24, 2.45) is 11.1 Å². The number of rotatable bonds is 5. The molecule has 0 spiro atoms. The molecular weight excluding hydrogens is 280 g/mol. The van der Waals surface area contributed by atoms with Gasteiger partial charge in [0.25, 0.3) is 0 Å². The Bertz CT molecular complexity index is 441. The maximum atomic E-state index is 7.36. The van der Waals surface area contributed by atoms with Crippen LogP contribution in [0, 0.1) is 17.7 Å². The molecule has 0 unspecified atom stereocenters. The molecule has 3 N–H and O–H groups in total. The van der Waals surface area contributed by atoms with Gasteiger partial charge in [-0.05, 0) is 37.5 Å². The fourth-order valence-corrected chi connectivity index (χ4v) is 2.25. The van der Waals surface area contributed by atoms with E-state index in [-0.39, 0.29) is 11.3 Å². The Kier molecular flexibility index (Phi) is 3.43. The molecule has 0 aliphatic heterocycles. The quantitative estimate of drug-likeness (QED) is 0.647. The van der Waals surface area contributed by atoms with E-state index in [0.29, 0.717) is 13.0 Å². The summed E-state index contributed by atoms with van der Waals surface area (Å²) < 4.78 is 6.89. The van der Waals surface area contributed by atoms with Gasteiger partial charge in [-0.15, -0.1) is 0 Å². The molecule has 0 amide bonds. The lowest BCUT2D eigenvalue weighted by molar-refractivity contribution is 0.237. The largest absolute Gasteiger partial charge is 0.493 e. The van der Waals surface area contributed by atoms with Gasteiger partial charge in [0, 0.05) is 16.3 Å². The third-order valence-corrected chi connectivity index (χ3v) is 3.70. The van der Waals surface area contributed by atoms with Gasteiger partial charge in [0.2, 0.25) is 0 Å². The number of hydrogen-bond donors (Lipinski definition) is 2. The second-order valence-corrected chi connectivity index (χ2v) is 5.82. The molecule has 2 rings (SSSR count). The minimum Gasteiger partial charge on any atom is -0.493 e. The van der Waals surface area contributed by atoms with Crippen LogP contribution in [0.5, 0.6) is 5.75 Å². The van der Waals surface area contributed by atoms with Gasteiger partial charge in [0.05, 0.1) is 12.4 Å². The van der Waals surface area contributed by atoms with E-state index < -0.39 is 0 Å². The summed E-state index contributed by atoms with van der Waals surface area (Å²) in [6.07, 6.45) is 2.87. The smallest absolute Gasteiger partial charge is 0.123 e. The van der Waals surface area contributed by atoms with Crippen LogP contribution < -0.4 is 10.5 Å². The number of aryl methyl sites for hydroxylation is 1. The fourth-order valence-electron chi connectivity index (χ4n) is 1.91. The Morgan fingerprint density at radius 3 is 2.82 bits per heavy atom. The van der Waals surface area contributed by atoms with Crippen LogP contribution in [-0.4, -0.2) is 12.4 Å². The van der Waals surface area contributed by atoms with E-state index in [9.17, 15) is 0 Å². The van der Waals surface area contributed by atoms with Gasteiger partial charge in [-0.3, -0.25) is 5.41 Å². The van der Waals surface area contributed by atoms with Crippen LogP contribution in [0.1, 0.15) is 24.8 Å². The lowest BCUT2D eigenvalue weighted by atomic mass is 10.0. The van der Waals surface area contributed by atoms with Gasteiger partial charge in [0.15, 0.2) is 0 Å². The molecule has 0 atom stereocenters. The Balaban J connectivity index is 1.98. The number of amidine groups is 1. The highest BCUT2D eigenvalue weighted by Crippen LogP contribution is 2.49. The molecule has 0 bridgehead atoms. The van der Waals surface area contributed by atoms with E-state index in [2.05, 4.69) is 15.9 Å². The molecule has 1 aliphatic rings. The average molecular weight is 297 g/mol. The Labute approximate surface area is 110 Å². The van der Waals surface area contributed by atoms with Crippen molar-refractivity contribution in [2.75, 3.05) is 6.61 Å². The van der Waals surface area contributed by atoms with Crippen molar-refractivity contribution < 1.29 is 4.74 Å². The molecule has 0 aromatic heterocycles. The maximum Gasteiger partial charge on any atom is 0.123 e. The van der Waals surface area contributed by atoms with Crippen LogP contribution in [0.25, 0.3) is 0 Å². The van der Waals surface area contributed by atoms with Gasteiger partial charge < -0.3 is 10.5 Å². The van der Waals surface area contributed by atoms with E-state index in [0.717, 1.165) is 28.6 Å². The van der Waals surface area contributed by atoms with Crippen molar-refractivity contribution in [1.82, 2.24) is 0 Å². The van der Waals surface area contributed by atoms with Crippen LogP contribution in [0.4, 0.5) is 0 Å². The molecule has 4 heteroatoms. The molecule has 1 aromatic rings. The molecule has 0 heterocycles. The summed E-state index contributed by atoms with van der Waals surface area (Å²) in [5, 5.41) is 7.36. The van der Waals surface area contributed by atoms with Gasteiger partial charge in [0.1, 0.15) is 5.75 Å². The molecular formula is C13H17BrN2O. The first kappa shape index (κ1) is 12.4. The van der Waals surface area contributed by atoms with Crippen LogP contribution in [0.3, 0.4) is 0 Å². The summed E-state index contributed by atoms with van der Waals surface area (Å²) in [5.74, 6) is 1.17. The predicted octanol–water partition coefficient (Wildman–Crippen LogP) is 3.24. The molecule has 1 aliphatic carbocycles. The first-order chi connectivity index (χ1) is 8.01. The molecule has 17 heavy (non-hydrogen) atoms. The highest BCUT2D eigenvalue weighted by Gasteiger charge is 2.44. The van der Waals surface area contributed by atoms with Crippen LogP contribution in [0.15, 0.2) is 22.7 Å². The maximum absolute atomic E-state index is 7.36. The Morgan fingerprint density at radius 1 is 1.53 bits per heavy atom. The zero-order valence-corrected chi connectivity index (χ0v) is 11.5. The highest BCUT2D eigenvalue weighted by molar-refractivity contribution is 9.10. The average Bonchev–Trinajstić information content (AvgIpc) is 2.99. The topological polar surface area (TPSA) is 59.1 Å². The fraction of sp³-hybridized carbons (Fsp3) is 0.462. The SMILES string of the molecule is Cc1ccc(Br)cc1OCC1(CC(=N)N)CC1. The number of benzene rings is 1. The van der Waals surface area contributed by atoms with Crippen LogP contribution in [-0.2, 0) is 0 Å². The molecule has 1 aromatic carbocycles. The number of nitrogens with one attached hydrogen (secondary N) is 1. The van der Waals surface area contributed by atoms with Crippen molar-refractivity contribution in [3.8, 4) is 5.75 Å². The zero-order valence-electron chi connectivity index (χ0n) is 9.92. The van der Waals surface area contributed by atoms with Crippen molar-refractivity contribution in [1.29, 1.82) is 5.41 Å². The summed E-state index contributed by atoms with van der Waals surface area (Å²) in [4.78, 5) is 0. The zero-order chi connectivity index (χ0) is 12.5. The van der Waals surface area contributed by atoms with Crippen LogP contribution >= 0.6 is 15.9 Å². The van der Waals surface area contributed by atoms with E-state index in [1.165, 1.54) is 0 Å². The van der Waals surface area contributed by atoms with E-state index in [1.54, 1.807) is 0 Å². The first-order valence-corrected chi connectivity index (χ1v) is 6.52. The van der Waals surface area contributed by atoms with E-state index >= 15 is 0 Å². The molecule has 3 nitrogen and oxygen atoms in total. The standard InChI is InChI=1S/C13H17BrN2O/c1-9-2-3-10(14)6-11(9)17-8-13(4-5-13)7-12(15)16/h2-3,6H,4-5,7-8H2,1H3,(H3,15,16). The molecule has 0 saturated heterocycles. The van der Waals surface area contributed by atoms with Gasteiger partial charge in [-0.1, -0.05) is 22.0 Å². The molecule has 92 valence electrons. The number of hydrogen-bond acceptors (Lipinski definition) is 2. The minimum absolute atomic E-state index is 0.126. The third kappa shape index (κ3) is 3.22.